The first kappa shape index (κ1) is 20.5. The molecule has 4 heterocycles. The number of pyridine rings is 1. The largest absolute Gasteiger partial charge is 0.378 e. The van der Waals surface area contributed by atoms with Gasteiger partial charge in [-0.1, -0.05) is 6.07 Å². The lowest BCUT2D eigenvalue weighted by atomic mass is 10.0. The number of morpholine rings is 1. The van der Waals surface area contributed by atoms with Gasteiger partial charge in [-0.2, -0.15) is 0 Å². The number of benzene rings is 1. The van der Waals surface area contributed by atoms with E-state index in [2.05, 4.69) is 36.9 Å². The van der Waals surface area contributed by atoms with E-state index < -0.39 is 0 Å². The second-order valence-electron chi connectivity index (χ2n) is 8.04. The van der Waals surface area contributed by atoms with Crippen LogP contribution in [0.25, 0.3) is 22.2 Å². The third-order valence-electron chi connectivity index (χ3n) is 5.70. The Labute approximate surface area is 185 Å². The van der Waals surface area contributed by atoms with E-state index in [-0.39, 0.29) is 5.82 Å². The number of ether oxygens (including phenoxy) is 1. The van der Waals surface area contributed by atoms with Crippen molar-refractivity contribution in [1.82, 2.24) is 24.8 Å². The van der Waals surface area contributed by atoms with E-state index in [1.807, 2.05) is 25.4 Å². The Kier molecular flexibility index (Phi) is 5.79. The van der Waals surface area contributed by atoms with Gasteiger partial charge in [0.05, 0.1) is 24.6 Å². The highest BCUT2D eigenvalue weighted by Gasteiger charge is 2.19. The van der Waals surface area contributed by atoms with Gasteiger partial charge in [-0.25, -0.2) is 19.3 Å². The fourth-order valence-corrected chi connectivity index (χ4v) is 4.17. The lowest BCUT2D eigenvalue weighted by Gasteiger charge is -2.29. The highest BCUT2D eigenvalue weighted by atomic mass is 19.1. The maximum Gasteiger partial charge on any atom is 0.129 e. The molecule has 0 aliphatic carbocycles. The van der Waals surface area contributed by atoms with Crippen molar-refractivity contribution in [3.63, 3.8) is 0 Å². The van der Waals surface area contributed by atoms with Gasteiger partial charge in [0.1, 0.15) is 18.0 Å². The molecule has 1 aliphatic heterocycles. The molecule has 5 rings (SSSR count). The summed E-state index contributed by atoms with van der Waals surface area (Å²) < 4.78 is 20.0. The summed E-state index contributed by atoms with van der Waals surface area (Å²) in [4.78, 5) is 20.9. The number of anilines is 1. The average Bonchev–Trinajstić information content (AvgIpc) is 3.28. The van der Waals surface area contributed by atoms with E-state index >= 15 is 0 Å². The molecule has 1 aliphatic rings. The second-order valence-corrected chi connectivity index (χ2v) is 8.04. The summed E-state index contributed by atoms with van der Waals surface area (Å²) in [6.07, 6.45) is 5.14. The number of rotatable bonds is 6. The summed E-state index contributed by atoms with van der Waals surface area (Å²) in [6.45, 7) is 4.28. The molecule has 1 saturated heterocycles. The first-order valence-corrected chi connectivity index (χ1v) is 10.7. The van der Waals surface area contributed by atoms with Gasteiger partial charge in [0.25, 0.3) is 0 Å². The third kappa shape index (κ3) is 4.32. The van der Waals surface area contributed by atoms with Gasteiger partial charge in [-0.15, -0.1) is 0 Å². The molecule has 164 valence electrons. The monoisotopic (exact) mass is 432 g/mol. The van der Waals surface area contributed by atoms with E-state index in [0.717, 1.165) is 52.3 Å². The molecule has 1 fully saturated rings. The lowest BCUT2D eigenvalue weighted by Crippen LogP contribution is -2.36. The smallest absolute Gasteiger partial charge is 0.129 e. The molecule has 4 aromatic rings. The van der Waals surface area contributed by atoms with Crippen LogP contribution in [0.3, 0.4) is 0 Å². The van der Waals surface area contributed by atoms with Crippen LogP contribution in [0.1, 0.15) is 11.3 Å². The van der Waals surface area contributed by atoms with Crippen LogP contribution in [0.2, 0.25) is 0 Å². The first-order chi connectivity index (χ1) is 15.7. The van der Waals surface area contributed by atoms with Crippen molar-refractivity contribution in [3.8, 4) is 11.3 Å². The molecule has 3 aromatic heterocycles. The van der Waals surface area contributed by atoms with Gasteiger partial charge in [0.2, 0.25) is 0 Å². The maximum absolute atomic E-state index is 14.5. The van der Waals surface area contributed by atoms with E-state index in [1.165, 1.54) is 6.07 Å². The molecule has 32 heavy (non-hydrogen) atoms. The van der Waals surface area contributed by atoms with Gasteiger partial charge in [0, 0.05) is 55.0 Å². The summed E-state index contributed by atoms with van der Waals surface area (Å²) >= 11 is 0. The lowest BCUT2D eigenvalue weighted by molar-refractivity contribution is 0.122. The van der Waals surface area contributed by atoms with Gasteiger partial charge >= 0.3 is 0 Å². The van der Waals surface area contributed by atoms with Crippen molar-refractivity contribution in [1.29, 1.82) is 0 Å². The van der Waals surface area contributed by atoms with E-state index in [9.17, 15) is 4.39 Å². The predicted octanol–water partition coefficient (Wildman–Crippen LogP) is 3.63. The van der Waals surface area contributed by atoms with Crippen molar-refractivity contribution < 1.29 is 9.13 Å². The van der Waals surface area contributed by atoms with Gasteiger partial charge in [0.15, 0.2) is 0 Å². The molecular formula is C24H25FN6O. The number of fused-ring (bicyclic) bond motifs is 1. The number of aromatic amines is 1. The zero-order valence-corrected chi connectivity index (χ0v) is 18.0. The molecule has 0 radical (unpaired) electrons. The Bertz CT molecular complexity index is 1210. The van der Waals surface area contributed by atoms with Gasteiger partial charge in [-0.3, -0.25) is 4.90 Å². The maximum atomic E-state index is 14.5. The van der Waals surface area contributed by atoms with Crippen molar-refractivity contribution in [2.24, 2.45) is 0 Å². The Hall–Kier alpha value is -3.36. The number of H-pyrrole nitrogens is 1. The van der Waals surface area contributed by atoms with Crippen LogP contribution in [0, 0.1) is 5.82 Å². The minimum atomic E-state index is -0.284. The minimum Gasteiger partial charge on any atom is -0.378 e. The average molecular weight is 433 g/mol. The third-order valence-corrected chi connectivity index (χ3v) is 5.70. The number of halogens is 1. The molecular weight excluding hydrogens is 407 g/mol. The van der Waals surface area contributed by atoms with Crippen LogP contribution in [0.4, 0.5) is 10.2 Å². The summed E-state index contributed by atoms with van der Waals surface area (Å²) in [5.74, 6) is 0.604. The van der Waals surface area contributed by atoms with Crippen LogP contribution in [-0.4, -0.2) is 58.2 Å². The fraction of sp³-hybridized carbons (Fsp3) is 0.292. The zero-order chi connectivity index (χ0) is 21.9. The SMILES string of the molecule is CN(Cc1ccncn1)Cc1ccc(N2CCOCC2)nc1-c1cc(F)cc2[nH]ccc12. The van der Waals surface area contributed by atoms with E-state index in [0.29, 0.717) is 26.3 Å². The molecule has 1 aromatic carbocycles. The normalized spacial score (nSPS) is 14.4. The van der Waals surface area contributed by atoms with Gasteiger partial charge < -0.3 is 14.6 Å². The van der Waals surface area contributed by atoms with Crippen molar-refractivity contribution >= 4 is 16.7 Å². The molecule has 1 N–H and O–H groups in total. The van der Waals surface area contributed by atoms with E-state index in [1.54, 1.807) is 18.6 Å². The first-order valence-electron chi connectivity index (χ1n) is 10.7. The Morgan fingerprint density at radius 2 is 2.00 bits per heavy atom. The van der Waals surface area contributed by atoms with Crippen molar-refractivity contribution in [2.75, 3.05) is 38.3 Å². The van der Waals surface area contributed by atoms with Crippen LogP contribution < -0.4 is 4.90 Å². The molecule has 0 saturated carbocycles. The van der Waals surface area contributed by atoms with Crippen LogP contribution in [-0.2, 0) is 17.8 Å². The van der Waals surface area contributed by atoms with Gasteiger partial charge in [-0.05, 0) is 42.9 Å². The Morgan fingerprint density at radius 1 is 1.12 bits per heavy atom. The molecule has 0 amide bonds. The summed E-state index contributed by atoms with van der Waals surface area (Å²) in [6, 6.07) is 11.1. The number of aromatic nitrogens is 4. The number of hydrogen-bond donors (Lipinski definition) is 1. The Balaban J connectivity index is 1.54. The predicted molar refractivity (Wildman–Crippen MR) is 122 cm³/mol. The van der Waals surface area contributed by atoms with Crippen molar-refractivity contribution in [2.45, 2.75) is 13.1 Å². The summed E-state index contributed by atoms with van der Waals surface area (Å²) in [7, 11) is 2.04. The number of hydrogen-bond acceptors (Lipinski definition) is 6. The molecule has 0 bridgehead atoms. The standard InChI is InChI=1S/C24H25FN6O/c1-30(15-19-4-6-26-16-28-19)14-17-2-3-23(31-8-10-32-11-9-31)29-24(17)21-12-18(25)13-22-20(21)5-7-27-22/h2-7,12-13,16,27H,8-11,14-15H2,1H3. The summed E-state index contributed by atoms with van der Waals surface area (Å²) in [5.41, 5.74) is 4.33. The fourth-order valence-electron chi connectivity index (χ4n) is 4.17. The molecule has 8 heteroatoms. The van der Waals surface area contributed by atoms with E-state index in [4.69, 9.17) is 9.72 Å². The second kappa shape index (κ2) is 9.02. The number of nitrogens with one attached hydrogen (secondary N) is 1. The minimum absolute atomic E-state index is 0.284. The van der Waals surface area contributed by atoms with Crippen LogP contribution in [0.15, 0.2) is 55.1 Å². The molecule has 0 spiro atoms. The quantitative estimate of drug-likeness (QED) is 0.502. The molecule has 7 nitrogen and oxygen atoms in total. The Morgan fingerprint density at radius 3 is 2.81 bits per heavy atom. The molecule has 0 unspecified atom stereocenters. The molecule has 0 atom stereocenters. The summed E-state index contributed by atoms with van der Waals surface area (Å²) in [5, 5.41) is 0.956. The number of nitrogens with zero attached hydrogens (tertiary/aromatic N) is 5. The van der Waals surface area contributed by atoms with Crippen LogP contribution in [0.5, 0.6) is 0 Å². The highest BCUT2D eigenvalue weighted by molar-refractivity contribution is 5.95. The van der Waals surface area contributed by atoms with Crippen LogP contribution >= 0.6 is 0 Å². The van der Waals surface area contributed by atoms with Crippen molar-refractivity contribution in [3.05, 3.63) is 72.2 Å². The topological polar surface area (TPSA) is 70.2 Å². The zero-order valence-electron chi connectivity index (χ0n) is 18.0. The highest BCUT2D eigenvalue weighted by Crippen LogP contribution is 2.33.